The van der Waals surface area contributed by atoms with E-state index in [1.165, 1.54) is 16.4 Å². The van der Waals surface area contributed by atoms with E-state index in [0.29, 0.717) is 35.7 Å². The van der Waals surface area contributed by atoms with Gasteiger partial charge in [-0.25, -0.2) is 8.42 Å². The highest BCUT2D eigenvalue weighted by molar-refractivity contribution is 7.89. The lowest BCUT2D eigenvalue weighted by Crippen LogP contribution is -2.41. The van der Waals surface area contributed by atoms with E-state index in [9.17, 15) is 13.2 Å². The monoisotopic (exact) mass is 490 g/mol. The highest BCUT2D eigenvalue weighted by Gasteiger charge is 2.33. The number of benzene rings is 2. The van der Waals surface area contributed by atoms with E-state index in [1.54, 1.807) is 44.4 Å². The SMILES string of the molecule is COc1cccc(NC(=O)C2CCN(S(=O)(=O)c3cc(-c4noc(C)n4)ccc3Cl)CC2)c1. The first-order valence-electron chi connectivity index (χ1n) is 10.3. The molecule has 0 unspecified atom stereocenters. The van der Waals surface area contributed by atoms with Crippen LogP contribution in [0.1, 0.15) is 18.7 Å². The summed E-state index contributed by atoms with van der Waals surface area (Å²) >= 11 is 6.24. The molecule has 1 fully saturated rings. The van der Waals surface area contributed by atoms with E-state index in [2.05, 4.69) is 15.5 Å². The predicted molar refractivity (Wildman–Crippen MR) is 123 cm³/mol. The van der Waals surface area contributed by atoms with Crippen molar-refractivity contribution in [2.45, 2.75) is 24.7 Å². The minimum atomic E-state index is -3.87. The maximum atomic E-state index is 13.3. The summed E-state index contributed by atoms with van der Waals surface area (Å²) in [6, 6.07) is 11.7. The minimum Gasteiger partial charge on any atom is -0.497 e. The lowest BCUT2D eigenvalue weighted by molar-refractivity contribution is -0.120. The summed E-state index contributed by atoms with van der Waals surface area (Å²) in [6.07, 6.45) is 0.798. The number of methoxy groups -OCH3 is 1. The predicted octanol–water partition coefficient (Wildman–Crippen LogP) is 3.75. The fraction of sp³-hybridized carbons (Fsp3) is 0.318. The van der Waals surface area contributed by atoms with Gasteiger partial charge >= 0.3 is 0 Å². The third kappa shape index (κ3) is 5.02. The van der Waals surface area contributed by atoms with Gasteiger partial charge in [-0.1, -0.05) is 22.8 Å². The second kappa shape index (κ2) is 9.50. The van der Waals surface area contributed by atoms with Gasteiger partial charge < -0.3 is 14.6 Å². The van der Waals surface area contributed by atoms with E-state index in [1.807, 2.05) is 0 Å². The van der Waals surface area contributed by atoms with Crippen LogP contribution in [0.4, 0.5) is 5.69 Å². The van der Waals surface area contributed by atoms with Gasteiger partial charge in [-0.15, -0.1) is 0 Å². The highest BCUT2D eigenvalue weighted by atomic mass is 35.5. The van der Waals surface area contributed by atoms with Gasteiger partial charge in [0.25, 0.3) is 0 Å². The molecule has 1 aromatic heterocycles. The van der Waals surface area contributed by atoms with Crippen molar-refractivity contribution in [3.05, 3.63) is 53.4 Å². The van der Waals surface area contributed by atoms with Crippen LogP contribution in [-0.2, 0) is 14.8 Å². The maximum Gasteiger partial charge on any atom is 0.244 e. The Labute approximate surface area is 196 Å². The number of piperidine rings is 1. The van der Waals surface area contributed by atoms with Gasteiger partial charge in [-0.2, -0.15) is 9.29 Å². The molecular weight excluding hydrogens is 468 g/mol. The average Bonchev–Trinajstić information content (AvgIpc) is 3.25. The van der Waals surface area contributed by atoms with Crippen molar-refractivity contribution in [1.82, 2.24) is 14.4 Å². The molecule has 2 aromatic carbocycles. The highest BCUT2D eigenvalue weighted by Crippen LogP contribution is 2.32. The molecule has 1 aliphatic rings. The molecular formula is C22H23ClN4O5S. The van der Waals surface area contributed by atoms with Crippen LogP contribution in [0.3, 0.4) is 0 Å². The van der Waals surface area contributed by atoms with Crippen molar-refractivity contribution in [3.63, 3.8) is 0 Å². The van der Waals surface area contributed by atoms with Gasteiger partial charge in [0.2, 0.25) is 27.6 Å². The molecule has 1 aliphatic heterocycles. The summed E-state index contributed by atoms with van der Waals surface area (Å²) in [5.41, 5.74) is 1.12. The number of amides is 1. The van der Waals surface area contributed by atoms with Crippen molar-refractivity contribution in [3.8, 4) is 17.1 Å². The zero-order chi connectivity index (χ0) is 23.6. The maximum absolute atomic E-state index is 13.3. The van der Waals surface area contributed by atoms with Crippen LogP contribution < -0.4 is 10.1 Å². The van der Waals surface area contributed by atoms with E-state index in [4.69, 9.17) is 20.9 Å². The number of carbonyl (C=O) groups excluding carboxylic acids is 1. The first kappa shape index (κ1) is 23.2. The standard InChI is InChI=1S/C22H23ClN4O5S/c1-14-24-21(26-32-14)16-6-7-19(23)20(12-16)33(29,30)27-10-8-15(9-11-27)22(28)25-17-4-3-5-18(13-17)31-2/h3-7,12-13,15H,8-11H2,1-2H3,(H,25,28). The number of halogens is 1. The number of anilines is 1. The second-order valence-electron chi connectivity index (χ2n) is 7.68. The molecule has 1 amide bonds. The van der Waals surface area contributed by atoms with Gasteiger partial charge in [0.1, 0.15) is 10.6 Å². The van der Waals surface area contributed by atoms with Gasteiger partial charge in [0.15, 0.2) is 0 Å². The first-order valence-corrected chi connectivity index (χ1v) is 12.1. The Kier molecular flexibility index (Phi) is 6.68. The molecule has 11 heteroatoms. The summed E-state index contributed by atoms with van der Waals surface area (Å²) in [4.78, 5) is 16.8. The molecule has 0 radical (unpaired) electrons. The summed E-state index contributed by atoms with van der Waals surface area (Å²) in [5.74, 6) is 0.857. The fourth-order valence-electron chi connectivity index (χ4n) is 3.70. The van der Waals surface area contributed by atoms with Crippen LogP contribution in [0, 0.1) is 12.8 Å². The third-order valence-electron chi connectivity index (χ3n) is 5.50. The number of carbonyl (C=O) groups is 1. The molecule has 0 atom stereocenters. The van der Waals surface area contributed by atoms with Crippen molar-refractivity contribution in [2.24, 2.45) is 5.92 Å². The molecule has 9 nitrogen and oxygen atoms in total. The lowest BCUT2D eigenvalue weighted by atomic mass is 9.97. The molecule has 0 aliphatic carbocycles. The Morgan fingerprint density at radius 3 is 2.64 bits per heavy atom. The number of hydrogen-bond acceptors (Lipinski definition) is 7. The molecule has 174 valence electrons. The minimum absolute atomic E-state index is 0.0246. The summed E-state index contributed by atoms with van der Waals surface area (Å²) in [5, 5.41) is 6.82. The average molecular weight is 491 g/mol. The van der Waals surface area contributed by atoms with Crippen molar-refractivity contribution in [2.75, 3.05) is 25.5 Å². The number of ether oxygens (including phenoxy) is 1. The lowest BCUT2D eigenvalue weighted by Gasteiger charge is -2.30. The first-order chi connectivity index (χ1) is 15.8. The van der Waals surface area contributed by atoms with Crippen LogP contribution in [0.2, 0.25) is 5.02 Å². The van der Waals surface area contributed by atoms with Crippen molar-refractivity contribution < 1.29 is 22.5 Å². The van der Waals surface area contributed by atoms with Crippen molar-refractivity contribution in [1.29, 1.82) is 0 Å². The summed E-state index contributed by atoms with van der Waals surface area (Å²) in [7, 11) is -2.31. The van der Waals surface area contributed by atoms with E-state index < -0.39 is 10.0 Å². The quantitative estimate of drug-likeness (QED) is 0.559. The second-order valence-corrected chi connectivity index (χ2v) is 10.00. The Morgan fingerprint density at radius 2 is 1.97 bits per heavy atom. The van der Waals surface area contributed by atoms with Gasteiger partial charge in [-0.05, 0) is 43.2 Å². The molecule has 0 spiro atoms. The van der Waals surface area contributed by atoms with E-state index in [-0.39, 0.29) is 40.7 Å². The number of aryl methyl sites for hydroxylation is 1. The smallest absolute Gasteiger partial charge is 0.244 e. The molecule has 0 saturated carbocycles. The molecule has 33 heavy (non-hydrogen) atoms. The van der Waals surface area contributed by atoms with Crippen LogP contribution in [-0.4, -0.2) is 49.0 Å². The topological polar surface area (TPSA) is 115 Å². The Balaban J connectivity index is 1.45. The molecule has 1 saturated heterocycles. The third-order valence-corrected chi connectivity index (χ3v) is 7.88. The van der Waals surface area contributed by atoms with Gasteiger partial charge in [-0.3, -0.25) is 4.79 Å². The van der Waals surface area contributed by atoms with Crippen LogP contribution in [0.25, 0.3) is 11.4 Å². The van der Waals surface area contributed by atoms with E-state index >= 15 is 0 Å². The zero-order valence-corrected chi connectivity index (χ0v) is 19.7. The van der Waals surface area contributed by atoms with Gasteiger partial charge in [0, 0.05) is 43.2 Å². The number of hydrogen-bond donors (Lipinski definition) is 1. The molecule has 1 N–H and O–H groups in total. The van der Waals surface area contributed by atoms with E-state index in [0.717, 1.165) is 0 Å². The van der Waals surface area contributed by atoms with Crippen LogP contribution in [0.15, 0.2) is 51.9 Å². The Bertz CT molecular complexity index is 1270. The number of nitrogens with one attached hydrogen (secondary N) is 1. The fourth-order valence-corrected chi connectivity index (χ4v) is 5.67. The normalized spacial score (nSPS) is 15.4. The summed E-state index contributed by atoms with van der Waals surface area (Å²) in [6.45, 7) is 2.07. The number of rotatable bonds is 6. The molecule has 3 aromatic rings. The molecule has 0 bridgehead atoms. The number of sulfonamides is 1. The molecule has 4 rings (SSSR count). The number of aromatic nitrogens is 2. The number of nitrogens with zero attached hydrogens (tertiary/aromatic N) is 3. The van der Waals surface area contributed by atoms with Crippen LogP contribution >= 0.6 is 11.6 Å². The van der Waals surface area contributed by atoms with Gasteiger partial charge in [0.05, 0.1) is 12.1 Å². The Hall–Kier alpha value is -2.95. The largest absolute Gasteiger partial charge is 0.497 e. The molecule has 2 heterocycles. The Morgan fingerprint density at radius 1 is 1.21 bits per heavy atom. The zero-order valence-electron chi connectivity index (χ0n) is 18.1. The van der Waals surface area contributed by atoms with Crippen LogP contribution in [0.5, 0.6) is 5.75 Å². The van der Waals surface area contributed by atoms with Crippen molar-refractivity contribution >= 4 is 33.2 Å². The summed E-state index contributed by atoms with van der Waals surface area (Å²) < 4.78 is 38.1.